The maximum Gasteiger partial charge on any atom is 0.0705 e. The lowest BCUT2D eigenvalue weighted by atomic mass is 10.1. The van der Waals surface area contributed by atoms with Crippen LogP contribution < -0.4 is 0 Å². The molecule has 0 radical (unpaired) electrons. The average molecular weight is 314 g/mol. The van der Waals surface area contributed by atoms with Crippen molar-refractivity contribution in [3.8, 4) is 0 Å². The summed E-state index contributed by atoms with van der Waals surface area (Å²) in [6.45, 7) is 0. The molecule has 0 amide bonds. The van der Waals surface area contributed by atoms with E-state index in [4.69, 9.17) is 11.6 Å². The molecule has 1 unspecified atom stereocenters. The van der Waals surface area contributed by atoms with E-state index in [1.54, 1.807) is 11.8 Å². The number of benzene rings is 2. The van der Waals surface area contributed by atoms with Gasteiger partial charge in [0.25, 0.3) is 0 Å². The highest BCUT2D eigenvalue weighted by Gasteiger charge is 2.10. The minimum atomic E-state index is -0.0467. The number of para-hydroxylation sites is 1. The Morgan fingerprint density at radius 3 is 2.52 bits per heavy atom. The van der Waals surface area contributed by atoms with E-state index in [2.05, 4.69) is 53.7 Å². The van der Waals surface area contributed by atoms with Crippen LogP contribution in [0.2, 0.25) is 0 Å². The Labute approximate surface area is 134 Å². The SMILES string of the molecule is CSc1ccc(C(Cl)Cc2ccc3ccccc3n2)cc1. The molecule has 3 rings (SSSR count). The van der Waals surface area contributed by atoms with Gasteiger partial charge in [0, 0.05) is 22.4 Å². The maximum atomic E-state index is 6.54. The van der Waals surface area contributed by atoms with Crippen molar-refractivity contribution in [1.29, 1.82) is 0 Å². The predicted molar refractivity (Wildman–Crippen MR) is 92.3 cm³/mol. The quantitative estimate of drug-likeness (QED) is 0.467. The molecule has 0 bridgehead atoms. The topological polar surface area (TPSA) is 12.9 Å². The number of nitrogens with zero attached hydrogens (tertiary/aromatic N) is 1. The highest BCUT2D eigenvalue weighted by atomic mass is 35.5. The van der Waals surface area contributed by atoms with E-state index < -0.39 is 0 Å². The zero-order valence-corrected chi connectivity index (χ0v) is 13.4. The molecular weight excluding hydrogens is 298 g/mol. The van der Waals surface area contributed by atoms with Crippen molar-refractivity contribution in [2.75, 3.05) is 6.26 Å². The van der Waals surface area contributed by atoms with Crippen LogP contribution >= 0.6 is 23.4 Å². The molecule has 0 aliphatic carbocycles. The number of hydrogen-bond donors (Lipinski definition) is 0. The second-order valence-corrected chi connectivity index (χ2v) is 6.35. The smallest absolute Gasteiger partial charge is 0.0705 e. The van der Waals surface area contributed by atoms with Crippen LogP contribution in [0.1, 0.15) is 16.6 Å². The second kappa shape index (κ2) is 6.50. The molecule has 3 heteroatoms. The van der Waals surface area contributed by atoms with Crippen molar-refractivity contribution >= 4 is 34.3 Å². The number of halogens is 1. The van der Waals surface area contributed by atoms with Crippen LogP contribution in [0.4, 0.5) is 0 Å². The van der Waals surface area contributed by atoms with Gasteiger partial charge in [-0.25, -0.2) is 0 Å². The standard InChI is InChI=1S/C18H16ClNS/c1-21-16-10-7-13(8-11-16)17(19)12-15-9-6-14-4-2-3-5-18(14)20-15/h2-11,17H,12H2,1H3. The van der Waals surface area contributed by atoms with Crippen LogP contribution in [0, 0.1) is 0 Å². The van der Waals surface area contributed by atoms with Gasteiger partial charge in [0.05, 0.1) is 10.9 Å². The highest BCUT2D eigenvalue weighted by Crippen LogP contribution is 2.27. The van der Waals surface area contributed by atoms with Gasteiger partial charge in [0.15, 0.2) is 0 Å². The lowest BCUT2D eigenvalue weighted by Crippen LogP contribution is -1.98. The van der Waals surface area contributed by atoms with Crippen LogP contribution in [0.3, 0.4) is 0 Å². The van der Waals surface area contributed by atoms with Gasteiger partial charge in [-0.1, -0.05) is 36.4 Å². The van der Waals surface area contributed by atoms with Gasteiger partial charge >= 0.3 is 0 Å². The molecule has 0 saturated heterocycles. The average Bonchev–Trinajstić information content (AvgIpc) is 2.55. The number of pyridine rings is 1. The number of hydrogen-bond acceptors (Lipinski definition) is 2. The summed E-state index contributed by atoms with van der Waals surface area (Å²) in [4.78, 5) is 5.94. The van der Waals surface area contributed by atoms with Gasteiger partial charge in [-0.3, -0.25) is 4.98 Å². The molecule has 0 aliphatic rings. The Morgan fingerprint density at radius 1 is 1.00 bits per heavy atom. The first-order valence-electron chi connectivity index (χ1n) is 6.89. The van der Waals surface area contributed by atoms with Crippen molar-refractivity contribution in [2.45, 2.75) is 16.7 Å². The van der Waals surface area contributed by atoms with Gasteiger partial charge in [-0.05, 0) is 36.1 Å². The molecule has 21 heavy (non-hydrogen) atoms. The Bertz CT molecular complexity index is 740. The van der Waals surface area contributed by atoms with Crippen LogP contribution in [-0.4, -0.2) is 11.2 Å². The molecule has 0 N–H and O–H groups in total. The molecule has 106 valence electrons. The third-order valence-corrected chi connectivity index (χ3v) is 4.67. The largest absolute Gasteiger partial charge is 0.253 e. The van der Waals surface area contributed by atoms with E-state index in [-0.39, 0.29) is 5.38 Å². The number of rotatable bonds is 4. The van der Waals surface area contributed by atoms with Crippen molar-refractivity contribution in [2.24, 2.45) is 0 Å². The van der Waals surface area contributed by atoms with Gasteiger partial charge in [-0.15, -0.1) is 23.4 Å². The summed E-state index contributed by atoms with van der Waals surface area (Å²) in [5, 5.41) is 1.12. The van der Waals surface area contributed by atoms with Crippen molar-refractivity contribution < 1.29 is 0 Å². The van der Waals surface area contributed by atoms with Crippen LogP contribution in [0.5, 0.6) is 0 Å². The van der Waals surface area contributed by atoms with Crippen molar-refractivity contribution in [3.63, 3.8) is 0 Å². The number of alkyl halides is 1. The van der Waals surface area contributed by atoms with E-state index in [1.165, 1.54) is 4.90 Å². The van der Waals surface area contributed by atoms with Crippen molar-refractivity contribution in [3.05, 3.63) is 71.9 Å². The fourth-order valence-electron chi connectivity index (χ4n) is 2.34. The molecule has 0 fully saturated rings. The highest BCUT2D eigenvalue weighted by molar-refractivity contribution is 7.98. The minimum absolute atomic E-state index is 0.0467. The van der Waals surface area contributed by atoms with E-state index >= 15 is 0 Å². The first-order chi connectivity index (χ1) is 10.3. The summed E-state index contributed by atoms with van der Waals surface area (Å²) in [6.07, 6.45) is 2.82. The molecule has 0 aliphatic heterocycles. The molecule has 3 aromatic rings. The van der Waals surface area contributed by atoms with Crippen molar-refractivity contribution in [1.82, 2.24) is 4.98 Å². The van der Waals surface area contributed by atoms with Crippen LogP contribution in [0.25, 0.3) is 10.9 Å². The third kappa shape index (κ3) is 3.39. The monoisotopic (exact) mass is 313 g/mol. The van der Waals surface area contributed by atoms with E-state index in [9.17, 15) is 0 Å². The van der Waals surface area contributed by atoms with Gasteiger partial charge in [0.1, 0.15) is 0 Å². The van der Waals surface area contributed by atoms with Gasteiger partial charge < -0.3 is 0 Å². The minimum Gasteiger partial charge on any atom is -0.253 e. The lowest BCUT2D eigenvalue weighted by Gasteiger charge is -2.10. The Kier molecular flexibility index (Phi) is 4.47. The number of fused-ring (bicyclic) bond motifs is 1. The second-order valence-electron chi connectivity index (χ2n) is 4.94. The van der Waals surface area contributed by atoms with Crippen LogP contribution in [-0.2, 0) is 6.42 Å². The first kappa shape index (κ1) is 14.4. The predicted octanol–water partition coefficient (Wildman–Crippen LogP) is 5.48. The normalized spacial score (nSPS) is 12.5. The molecule has 0 spiro atoms. The molecule has 1 heterocycles. The summed E-state index contributed by atoms with van der Waals surface area (Å²) in [7, 11) is 0. The first-order valence-corrected chi connectivity index (χ1v) is 8.55. The number of aromatic nitrogens is 1. The molecular formula is C18H16ClNS. The van der Waals surface area contributed by atoms with Gasteiger partial charge in [0.2, 0.25) is 0 Å². The summed E-state index contributed by atoms with van der Waals surface area (Å²) < 4.78 is 0. The Hall–Kier alpha value is -1.51. The fraction of sp³-hybridized carbons (Fsp3) is 0.167. The summed E-state index contributed by atoms with van der Waals surface area (Å²) in [5.41, 5.74) is 3.20. The molecule has 2 aromatic carbocycles. The van der Waals surface area contributed by atoms with E-state index in [0.29, 0.717) is 0 Å². The zero-order chi connectivity index (χ0) is 14.7. The molecule has 1 aromatic heterocycles. The van der Waals surface area contributed by atoms with E-state index in [1.807, 2.05) is 18.2 Å². The lowest BCUT2D eigenvalue weighted by molar-refractivity contribution is 0.887. The molecule has 1 atom stereocenters. The Balaban J connectivity index is 1.79. The van der Waals surface area contributed by atoms with E-state index in [0.717, 1.165) is 28.6 Å². The van der Waals surface area contributed by atoms with Gasteiger partial charge in [-0.2, -0.15) is 0 Å². The van der Waals surface area contributed by atoms with Crippen LogP contribution in [0.15, 0.2) is 65.6 Å². The maximum absolute atomic E-state index is 6.54. The summed E-state index contributed by atoms with van der Waals surface area (Å²) >= 11 is 8.28. The number of thioether (sulfide) groups is 1. The molecule has 1 nitrogen and oxygen atoms in total. The molecule has 0 saturated carbocycles. The Morgan fingerprint density at radius 2 is 1.76 bits per heavy atom. The zero-order valence-electron chi connectivity index (χ0n) is 11.8. The summed E-state index contributed by atoms with van der Waals surface area (Å²) in [6, 6.07) is 20.8. The fourth-order valence-corrected chi connectivity index (χ4v) is 3.05. The summed E-state index contributed by atoms with van der Waals surface area (Å²) in [5.74, 6) is 0. The third-order valence-electron chi connectivity index (χ3n) is 3.52.